The zero-order valence-corrected chi connectivity index (χ0v) is 10.4. The van der Waals surface area contributed by atoms with Gasteiger partial charge in [-0.25, -0.2) is 0 Å². The van der Waals surface area contributed by atoms with Crippen molar-refractivity contribution in [2.24, 2.45) is 11.7 Å². The van der Waals surface area contributed by atoms with E-state index in [9.17, 15) is 0 Å². The van der Waals surface area contributed by atoms with E-state index in [-0.39, 0.29) is 0 Å². The van der Waals surface area contributed by atoms with Gasteiger partial charge in [0.25, 0.3) is 0 Å². The van der Waals surface area contributed by atoms with Gasteiger partial charge in [-0.15, -0.1) is 0 Å². The van der Waals surface area contributed by atoms with Gasteiger partial charge < -0.3 is 5.73 Å². The fourth-order valence-electron chi connectivity index (χ4n) is 1.96. The first-order valence-corrected chi connectivity index (χ1v) is 6.50. The number of unbranched alkanes of at least 4 members (excludes halogenated alkanes) is 2. The molecule has 0 spiro atoms. The molecule has 0 aliphatic heterocycles. The standard InChI is InChI=1S/C13H29N/c1-4-7-9-12(10-8-5-2)11-13(14)6-3/h12-13H,4-11,14H2,1-3H3. The average Bonchev–Trinajstić information content (AvgIpc) is 2.21. The van der Waals surface area contributed by atoms with Crippen molar-refractivity contribution in [1.29, 1.82) is 0 Å². The van der Waals surface area contributed by atoms with Crippen LogP contribution in [0.3, 0.4) is 0 Å². The van der Waals surface area contributed by atoms with Crippen molar-refractivity contribution in [2.75, 3.05) is 0 Å². The number of hydrogen-bond donors (Lipinski definition) is 1. The molecule has 0 aliphatic rings. The minimum atomic E-state index is 0.439. The van der Waals surface area contributed by atoms with Gasteiger partial charge in [-0.05, 0) is 18.8 Å². The van der Waals surface area contributed by atoms with Crippen LogP contribution in [0.5, 0.6) is 0 Å². The lowest BCUT2D eigenvalue weighted by Crippen LogP contribution is -2.22. The summed E-state index contributed by atoms with van der Waals surface area (Å²) in [5.74, 6) is 0.893. The molecule has 0 aliphatic carbocycles. The lowest BCUT2D eigenvalue weighted by atomic mass is 9.89. The van der Waals surface area contributed by atoms with E-state index in [4.69, 9.17) is 5.73 Å². The molecule has 0 heterocycles. The first-order chi connectivity index (χ1) is 6.74. The zero-order chi connectivity index (χ0) is 10.8. The molecule has 86 valence electrons. The third-order valence-electron chi connectivity index (χ3n) is 3.09. The first kappa shape index (κ1) is 14.0. The van der Waals surface area contributed by atoms with Crippen LogP contribution >= 0.6 is 0 Å². The second-order valence-corrected chi connectivity index (χ2v) is 4.55. The molecule has 0 rings (SSSR count). The SMILES string of the molecule is CCCCC(CCCC)CC(N)CC. The molecule has 1 heteroatoms. The molecule has 2 N–H and O–H groups in total. The molecule has 1 atom stereocenters. The molecule has 0 fully saturated rings. The zero-order valence-electron chi connectivity index (χ0n) is 10.4. The van der Waals surface area contributed by atoms with Crippen molar-refractivity contribution in [3.05, 3.63) is 0 Å². The van der Waals surface area contributed by atoms with Crippen molar-refractivity contribution >= 4 is 0 Å². The number of nitrogens with two attached hydrogens (primary N) is 1. The van der Waals surface area contributed by atoms with Gasteiger partial charge in [0.2, 0.25) is 0 Å². The van der Waals surface area contributed by atoms with Gasteiger partial charge in [0.05, 0.1) is 0 Å². The van der Waals surface area contributed by atoms with Crippen molar-refractivity contribution in [1.82, 2.24) is 0 Å². The van der Waals surface area contributed by atoms with Crippen LogP contribution in [-0.2, 0) is 0 Å². The molecule has 0 saturated carbocycles. The predicted molar refractivity (Wildman–Crippen MR) is 65.4 cm³/mol. The van der Waals surface area contributed by atoms with Gasteiger partial charge in [0, 0.05) is 6.04 Å². The smallest absolute Gasteiger partial charge is 0.00388 e. The van der Waals surface area contributed by atoms with Crippen LogP contribution in [-0.4, -0.2) is 6.04 Å². The molecule has 1 unspecified atom stereocenters. The van der Waals surface area contributed by atoms with E-state index >= 15 is 0 Å². The molecule has 0 aromatic carbocycles. The second-order valence-electron chi connectivity index (χ2n) is 4.55. The topological polar surface area (TPSA) is 26.0 Å². The third kappa shape index (κ3) is 7.37. The highest BCUT2D eigenvalue weighted by Crippen LogP contribution is 2.21. The largest absolute Gasteiger partial charge is 0.328 e. The van der Waals surface area contributed by atoms with Crippen LogP contribution in [0.15, 0.2) is 0 Å². The Morgan fingerprint density at radius 2 is 1.43 bits per heavy atom. The maximum Gasteiger partial charge on any atom is 0.00388 e. The van der Waals surface area contributed by atoms with Crippen LogP contribution in [0.4, 0.5) is 0 Å². The van der Waals surface area contributed by atoms with Crippen LogP contribution in [0.2, 0.25) is 0 Å². The summed E-state index contributed by atoms with van der Waals surface area (Å²) in [6.45, 7) is 6.74. The molecule has 1 nitrogen and oxygen atoms in total. The summed E-state index contributed by atoms with van der Waals surface area (Å²) in [5.41, 5.74) is 6.02. The van der Waals surface area contributed by atoms with Gasteiger partial charge >= 0.3 is 0 Å². The van der Waals surface area contributed by atoms with E-state index in [2.05, 4.69) is 20.8 Å². The van der Waals surface area contributed by atoms with Crippen LogP contribution < -0.4 is 5.73 Å². The lowest BCUT2D eigenvalue weighted by Gasteiger charge is -2.19. The normalized spacial score (nSPS) is 13.5. The van der Waals surface area contributed by atoms with Crippen LogP contribution in [0.1, 0.15) is 72.1 Å². The highest BCUT2D eigenvalue weighted by Gasteiger charge is 2.11. The average molecular weight is 199 g/mol. The maximum atomic E-state index is 6.02. The summed E-state index contributed by atoms with van der Waals surface area (Å²) >= 11 is 0. The van der Waals surface area contributed by atoms with Gasteiger partial charge in [-0.3, -0.25) is 0 Å². The Morgan fingerprint density at radius 1 is 0.929 bits per heavy atom. The highest BCUT2D eigenvalue weighted by atomic mass is 14.6. The van der Waals surface area contributed by atoms with Gasteiger partial charge in [0.15, 0.2) is 0 Å². The Morgan fingerprint density at radius 3 is 1.79 bits per heavy atom. The van der Waals surface area contributed by atoms with Crippen LogP contribution in [0, 0.1) is 5.92 Å². The van der Waals surface area contributed by atoms with Crippen molar-refractivity contribution in [2.45, 2.75) is 78.2 Å². The molecule has 14 heavy (non-hydrogen) atoms. The predicted octanol–water partition coefficient (Wildman–Crippen LogP) is 4.11. The van der Waals surface area contributed by atoms with E-state index in [1.54, 1.807) is 0 Å². The van der Waals surface area contributed by atoms with Crippen molar-refractivity contribution in [3.8, 4) is 0 Å². The Kier molecular flexibility index (Phi) is 9.49. The fourth-order valence-corrected chi connectivity index (χ4v) is 1.96. The minimum absolute atomic E-state index is 0.439. The quantitative estimate of drug-likeness (QED) is 0.594. The molecule has 0 radical (unpaired) electrons. The summed E-state index contributed by atoms with van der Waals surface area (Å²) in [4.78, 5) is 0. The Balaban J connectivity index is 3.71. The Bertz CT molecular complexity index is 104. The molecular formula is C13H29N. The summed E-state index contributed by atoms with van der Waals surface area (Å²) in [6.07, 6.45) is 10.6. The maximum absolute atomic E-state index is 6.02. The minimum Gasteiger partial charge on any atom is -0.328 e. The van der Waals surface area contributed by atoms with Gasteiger partial charge in [-0.1, -0.05) is 59.3 Å². The highest BCUT2D eigenvalue weighted by molar-refractivity contribution is 4.67. The van der Waals surface area contributed by atoms with Crippen molar-refractivity contribution < 1.29 is 0 Å². The number of hydrogen-bond acceptors (Lipinski definition) is 1. The Hall–Kier alpha value is -0.0400. The fraction of sp³-hybridized carbons (Fsp3) is 1.00. The van der Waals surface area contributed by atoms with E-state index in [1.165, 1.54) is 44.9 Å². The van der Waals surface area contributed by atoms with E-state index in [0.717, 1.165) is 12.3 Å². The van der Waals surface area contributed by atoms with Gasteiger partial charge in [0.1, 0.15) is 0 Å². The third-order valence-corrected chi connectivity index (χ3v) is 3.09. The summed E-state index contributed by atoms with van der Waals surface area (Å²) in [6, 6.07) is 0.439. The first-order valence-electron chi connectivity index (χ1n) is 6.50. The van der Waals surface area contributed by atoms with Gasteiger partial charge in [-0.2, -0.15) is 0 Å². The molecular weight excluding hydrogens is 170 g/mol. The monoisotopic (exact) mass is 199 g/mol. The summed E-state index contributed by atoms with van der Waals surface area (Å²) in [5, 5.41) is 0. The Labute approximate surface area is 90.5 Å². The molecule has 0 bridgehead atoms. The second kappa shape index (κ2) is 9.51. The molecule has 0 aromatic heterocycles. The molecule has 0 saturated heterocycles. The van der Waals surface area contributed by atoms with E-state index < -0.39 is 0 Å². The summed E-state index contributed by atoms with van der Waals surface area (Å²) < 4.78 is 0. The molecule has 0 amide bonds. The van der Waals surface area contributed by atoms with Crippen LogP contribution in [0.25, 0.3) is 0 Å². The van der Waals surface area contributed by atoms with E-state index in [1.807, 2.05) is 0 Å². The number of rotatable bonds is 9. The summed E-state index contributed by atoms with van der Waals surface area (Å²) in [7, 11) is 0. The lowest BCUT2D eigenvalue weighted by molar-refractivity contribution is 0.359. The molecule has 0 aromatic rings. The van der Waals surface area contributed by atoms with E-state index in [0.29, 0.717) is 6.04 Å². The van der Waals surface area contributed by atoms with Crippen molar-refractivity contribution in [3.63, 3.8) is 0 Å².